The van der Waals surface area contributed by atoms with Gasteiger partial charge in [0.1, 0.15) is 0 Å². The Bertz CT molecular complexity index is 585. The molecule has 2 heterocycles. The van der Waals surface area contributed by atoms with Gasteiger partial charge >= 0.3 is 0 Å². The second kappa shape index (κ2) is 9.20. The van der Waals surface area contributed by atoms with Gasteiger partial charge in [0.2, 0.25) is 5.91 Å². The highest BCUT2D eigenvalue weighted by atomic mass is 35.5. The number of carbonyl (C=O) groups is 2. The van der Waals surface area contributed by atoms with E-state index in [1.807, 2.05) is 36.1 Å². The Hall–Kier alpha value is -1.59. The molecular weight excluding hydrogens is 338 g/mol. The Balaban J connectivity index is 0.00000225. The molecule has 0 saturated carbocycles. The molecule has 2 unspecified atom stereocenters. The average molecular weight is 366 g/mol. The molecule has 2 fully saturated rings. The van der Waals surface area contributed by atoms with Crippen LogP contribution in [0.4, 0.5) is 0 Å². The first-order valence-electron chi connectivity index (χ1n) is 9.00. The van der Waals surface area contributed by atoms with Gasteiger partial charge in [-0.15, -0.1) is 12.4 Å². The number of carbonyl (C=O) groups excluding carboxylic acids is 2. The van der Waals surface area contributed by atoms with Gasteiger partial charge < -0.3 is 15.5 Å². The van der Waals surface area contributed by atoms with E-state index in [0.717, 1.165) is 50.9 Å². The summed E-state index contributed by atoms with van der Waals surface area (Å²) in [6.07, 6.45) is 3.90. The Kier molecular flexibility index (Phi) is 7.26. The first-order chi connectivity index (χ1) is 11.6. The van der Waals surface area contributed by atoms with Gasteiger partial charge in [0.25, 0.3) is 5.91 Å². The quantitative estimate of drug-likeness (QED) is 0.862. The third-order valence-electron chi connectivity index (χ3n) is 5.02. The van der Waals surface area contributed by atoms with Crippen molar-refractivity contribution in [1.29, 1.82) is 0 Å². The maximum absolute atomic E-state index is 12.7. The van der Waals surface area contributed by atoms with Gasteiger partial charge in [0.05, 0.1) is 5.92 Å². The Morgan fingerprint density at radius 1 is 1.16 bits per heavy atom. The van der Waals surface area contributed by atoms with Crippen molar-refractivity contribution in [3.8, 4) is 0 Å². The fourth-order valence-corrected chi connectivity index (χ4v) is 3.55. The zero-order valence-electron chi connectivity index (χ0n) is 14.8. The van der Waals surface area contributed by atoms with Crippen LogP contribution in [-0.2, 0) is 4.79 Å². The van der Waals surface area contributed by atoms with Crippen molar-refractivity contribution in [1.82, 2.24) is 15.5 Å². The van der Waals surface area contributed by atoms with E-state index >= 15 is 0 Å². The molecule has 0 radical (unpaired) electrons. The van der Waals surface area contributed by atoms with Crippen molar-refractivity contribution in [2.75, 3.05) is 26.2 Å². The molecule has 0 aromatic heterocycles. The van der Waals surface area contributed by atoms with Crippen molar-refractivity contribution >= 4 is 24.2 Å². The molecule has 138 valence electrons. The molecule has 5 nitrogen and oxygen atoms in total. The standard InChI is InChI=1S/C19H27N3O2.ClH/c1-14-6-8-15(9-7-14)19(24)22-11-3-4-16(13-22)18(23)21-17-5-2-10-20-12-17;/h6-9,16-17,20H,2-5,10-13H2,1H3,(H,21,23);1H. The minimum atomic E-state index is -0.0879. The highest BCUT2D eigenvalue weighted by molar-refractivity contribution is 5.94. The van der Waals surface area contributed by atoms with Gasteiger partial charge in [0, 0.05) is 31.2 Å². The summed E-state index contributed by atoms with van der Waals surface area (Å²) in [4.78, 5) is 27.0. The zero-order valence-corrected chi connectivity index (χ0v) is 15.6. The number of likely N-dealkylation sites (tertiary alicyclic amines) is 1. The summed E-state index contributed by atoms with van der Waals surface area (Å²) in [5.41, 5.74) is 1.85. The number of nitrogens with one attached hydrogen (secondary N) is 2. The lowest BCUT2D eigenvalue weighted by Crippen LogP contribution is -2.51. The number of nitrogens with zero attached hydrogens (tertiary/aromatic N) is 1. The molecule has 2 saturated heterocycles. The fraction of sp³-hybridized carbons (Fsp3) is 0.579. The molecule has 0 aliphatic carbocycles. The van der Waals surface area contributed by atoms with E-state index in [0.29, 0.717) is 12.1 Å². The lowest BCUT2D eigenvalue weighted by molar-refractivity contribution is -0.127. The zero-order chi connectivity index (χ0) is 16.9. The Labute approximate surface area is 155 Å². The van der Waals surface area contributed by atoms with E-state index in [-0.39, 0.29) is 36.2 Å². The van der Waals surface area contributed by atoms with Gasteiger partial charge in [-0.3, -0.25) is 9.59 Å². The van der Waals surface area contributed by atoms with E-state index in [9.17, 15) is 9.59 Å². The van der Waals surface area contributed by atoms with Crippen molar-refractivity contribution in [2.45, 2.75) is 38.6 Å². The van der Waals surface area contributed by atoms with E-state index in [4.69, 9.17) is 0 Å². The van der Waals surface area contributed by atoms with Crippen LogP contribution in [0.1, 0.15) is 41.6 Å². The smallest absolute Gasteiger partial charge is 0.253 e. The van der Waals surface area contributed by atoms with Gasteiger partial charge in [-0.05, 0) is 51.3 Å². The Morgan fingerprint density at radius 3 is 2.60 bits per heavy atom. The van der Waals surface area contributed by atoms with Crippen LogP contribution in [-0.4, -0.2) is 48.9 Å². The predicted octanol–water partition coefficient (Wildman–Crippen LogP) is 2.14. The monoisotopic (exact) mass is 365 g/mol. The van der Waals surface area contributed by atoms with Crippen LogP contribution in [0.2, 0.25) is 0 Å². The molecular formula is C19H28ClN3O2. The molecule has 1 aromatic rings. The van der Waals surface area contributed by atoms with Crippen molar-refractivity contribution < 1.29 is 9.59 Å². The molecule has 6 heteroatoms. The lowest BCUT2D eigenvalue weighted by Gasteiger charge is -2.33. The molecule has 1 aromatic carbocycles. The first kappa shape index (κ1) is 19.7. The summed E-state index contributed by atoms with van der Waals surface area (Å²) in [5, 5.41) is 6.47. The summed E-state index contributed by atoms with van der Waals surface area (Å²) >= 11 is 0. The van der Waals surface area contributed by atoms with Crippen LogP contribution in [0.5, 0.6) is 0 Å². The molecule has 2 aliphatic rings. The van der Waals surface area contributed by atoms with Crippen LogP contribution in [0.25, 0.3) is 0 Å². The van der Waals surface area contributed by atoms with Crippen LogP contribution < -0.4 is 10.6 Å². The highest BCUT2D eigenvalue weighted by Gasteiger charge is 2.30. The predicted molar refractivity (Wildman–Crippen MR) is 101 cm³/mol. The number of hydrogen-bond donors (Lipinski definition) is 2. The largest absolute Gasteiger partial charge is 0.352 e. The second-order valence-electron chi connectivity index (χ2n) is 7.01. The number of amides is 2. The number of halogens is 1. The third-order valence-corrected chi connectivity index (χ3v) is 5.02. The molecule has 3 rings (SSSR count). The number of benzene rings is 1. The van der Waals surface area contributed by atoms with Crippen LogP contribution >= 0.6 is 12.4 Å². The van der Waals surface area contributed by atoms with E-state index in [1.165, 1.54) is 0 Å². The minimum Gasteiger partial charge on any atom is -0.352 e. The Morgan fingerprint density at radius 2 is 1.92 bits per heavy atom. The summed E-state index contributed by atoms with van der Waals surface area (Å²) in [6.45, 7) is 5.16. The molecule has 25 heavy (non-hydrogen) atoms. The second-order valence-corrected chi connectivity index (χ2v) is 7.01. The molecule has 2 N–H and O–H groups in total. The summed E-state index contributed by atoms with van der Waals surface area (Å²) < 4.78 is 0. The van der Waals surface area contributed by atoms with Gasteiger partial charge in [0.15, 0.2) is 0 Å². The summed E-state index contributed by atoms with van der Waals surface area (Å²) in [5.74, 6) is 0.0482. The maximum atomic E-state index is 12.7. The molecule has 2 atom stereocenters. The fourth-order valence-electron chi connectivity index (χ4n) is 3.55. The van der Waals surface area contributed by atoms with Crippen molar-refractivity contribution in [3.63, 3.8) is 0 Å². The molecule has 0 bridgehead atoms. The average Bonchev–Trinajstić information content (AvgIpc) is 2.63. The third kappa shape index (κ3) is 5.19. The SMILES string of the molecule is Cc1ccc(C(=O)N2CCCC(C(=O)NC3CCCNC3)C2)cc1.Cl. The van der Waals surface area contributed by atoms with E-state index in [1.54, 1.807) is 0 Å². The molecule has 2 amide bonds. The van der Waals surface area contributed by atoms with E-state index < -0.39 is 0 Å². The van der Waals surface area contributed by atoms with Gasteiger partial charge in [-0.2, -0.15) is 0 Å². The van der Waals surface area contributed by atoms with Crippen LogP contribution in [0.3, 0.4) is 0 Å². The topological polar surface area (TPSA) is 61.4 Å². The summed E-state index contributed by atoms with van der Waals surface area (Å²) in [6, 6.07) is 7.88. The van der Waals surface area contributed by atoms with Gasteiger partial charge in [-0.25, -0.2) is 0 Å². The van der Waals surface area contributed by atoms with Crippen molar-refractivity contribution in [3.05, 3.63) is 35.4 Å². The first-order valence-corrected chi connectivity index (χ1v) is 9.00. The normalized spacial score (nSPS) is 23.5. The summed E-state index contributed by atoms with van der Waals surface area (Å²) in [7, 11) is 0. The highest BCUT2D eigenvalue weighted by Crippen LogP contribution is 2.19. The number of piperidine rings is 2. The number of rotatable bonds is 3. The lowest BCUT2D eigenvalue weighted by atomic mass is 9.95. The van der Waals surface area contributed by atoms with E-state index in [2.05, 4.69) is 10.6 Å². The van der Waals surface area contributed by atoms with Gasteiger partial charge in [-0.1, -0.05) is 17.7 Å². The number of aryl methyl sites for hydroxylation is 1. The van der Waals surface area contributed by atoms with Crippen molar-refractivity contribution in [2.24, 2.45) is 5.92 Å². The number of hydrogen-bond acceptors (Lipinski definition) is 3. The molecule has 0 spiro atoms. The maximum Gasteiger partial charge on any atom is 0.253 e. The van der Waals surface area contributed by atoms with Crippen LogP contribution in [0.15, 0.2) is 24.3 Å². The molecule has 2 aliphatic heterocycles. The van der Waals surface area contributed by atoms with Crippen LogP contribution in [0, 0.1) is 12.8 Å². The minimum absolute atomic E-state index is 0.